The largest absolute Gasteiger partial charge is 0.489 e. The normalized spacial score (nSPS) is 20.7. The maximum atomic E-state index is 12.7. The van der Waals surface area contributed by atoms with E-state index in [1.165, 1.54) is 4.90 Å². The van der Waals surface area contributed by atoms with E-state index in [-0.39, 0.29) is 30.9 Å². The minimum atomic E-state index is -0.480. The van der Waals surface area contributed by atoms with Gasteiger partial charge in [-0.1, -0.05) is 19.3 Å². The monoisotopic (exact) mass is 389 g/mol. The quantitative estimate of drug-likeness (QED) is 0.802. The van der Waals surface area contributed by atoms with Gasteiger partial charge in [-0.25, -0.2) is 0 Å². The summed E-state index contributed by atoms with van der Waals surface area (Å²) in [5, 5.41) is 12.9. The number of aliphatic hydroxyl groups excluding tert-OH is 1. The highest BCUT2D eigenvalue weighted by molar-refractivity contribution is 5.95. The molecule has 2 aliphatic rings. The van der Waals surface area contributed by atoms with E-state index in [0.29, 0.717) is 17.9 Å². The van der Waals surface area contributed by atoms with Crippen LogP contribution in [0.3, 0.4) is 0 Å². The number of hydrogen-bond donors (Lipinski definition) is 2. The van der Waals surface area contributed by atoms with Crippen LogP contribution in [-0.2, 0) is 4.79 Å². The Hall–Kier alpha value is -2.28. The van der Waals surface area contributed by atoms with Crippen molar-refractivity contribution in [2.75, 3.05) is 39.3 Å². The molecular formula is C21H31N3O4. The second kappa shape index (κ2) is 8.39. The van der Waals surface area contributed by atoms with E-state index in [2.05, 4.69) is 5.32 Å². The molecule has 3 rings (SSSR count). The van der Waals surface area contributed by atoms with Gasteiger partial charge in [-0.05, 0) is 31.0 Å². The second-order valence-electron chi connectivity index (χ2n) is 8.21. The Kier molecular flexibility index (Phi) is 6.13. The van der Waals surface area contributed by atoms with Crippen LogP contribution in [0.15, 0.2) is 18.2 Å². The Morgan fingerprint density at radius 3 is 2.64 bits per heavy atom. The number of nitrogens with zero attached hydrogens (tertiary/aromatic N) is 2. The van der Waals surface area contributed by atoms with Crippen LogP contribution in [0.2, 0.25) is 0 Å². The lowest BCUT2D eigenvalue weighted by Gasteiger charge is -2.39. The molecule has 2 amide bonds. The van der Waals surface area contributed by atoms with E-state index in [4.69, 9.17) is 4.74 Å². The van der Waals surface area contributed by atoms with Crippen molar-refractivity contribution in [3.63, 3.8) is 0 Å². The molecule has 154 valence electrons. The summed E-state index contributed by atoms with van der Waals surface area (Å²) in [4.78, 5) is 28.5. The Morgan fingerprint density at radius 1 is 1.29 bits per heavy atom. The first-order valence-electron chi connectivity index (χ1n) is 9.98. The molecule has 7 heteroatoms. The van der Waals surface area contributed by atoms with E-state index >= 15 is 0 Å². The van der Waals surface area contributed by atoms with Crippen molar-refractivity contribution < 1.29 is 19.4 Å². The average molecular weight is 389 g/mol. The molecular weight excluding hydrogens is 358 g/mol. The number of amides is 2. The first kappa shape index (κ1) is 20.5. The Balaban J connectivity index is 1.69. The van der Waals surface area contributed by atoms with Crippen molar-refractivity contribution >= 4 is 17.5 Å². The zero-order valence-corrected chi connectivity index (χ0v) is 17.0. The summed E-state index contributed by atoms with van der Waals surface area (Å²) in [6.07, 6.45) is 5.15. The van der Waals surface area contributed by atoms with Crippen LogP contribution >= 0.6 is 0 Å². The molecule has 1 aliphatic carbocycles. The number of fused-ring (bicyclic) bond motifs is 1. The third-order valence-electron chi connectivity index (χ3n) is 5.91. The molecule has 0 aromatic heterocycles. The van der Waals surface area contributed by atoms with Crippen molar-refractivity contribution in [3.05, 3.63) is 23.8 Å². The molecule has 28 heavy (non-hydrogen) atoms. The van der Waals surface area contributed by atoms with Gasteiger partial charge in [0.2, 0.25) is 5.91 Å². The molecule has 7 nitrogen and oxygen atoms in total. The highest BCUT2D eigenvalue weighted by Gasteiger charge is 2.34. The van der Waals surface area contributed by atoms with Crippen LogP contribution in [0.4, 0.5) is 5.69 Å². The molecule has 0 radical (unpaired) electrons. The third kappa shape index (κ3) is 4.24. The minimum Gasteiger partial charge on any atom is -0.489 e. The molecule has 1 atom stereocenters. The molecule has 1 saturated carbocycles. The van der Waals surface area contributed by atoms with Gasteiger partial charge in [0.1, 0.15) is 12.4 Å². The predicted octanol–water partition coefficient (Wildman–Crippen LogP) is 1.79. The summed E-state index contributed by atoms with van der Waals surface area (Å²) in [5.74, 6) is 0.576. The fourth-order valence-corrected chi connectivity index (χ4v) is 4.11. The number of carbonyl (C=O) groups excluding carboxylic acids is 2. The lowest BCUT2D eigenvalue weighted by Crippen LogP contribution is -2.54. The van der Waals surface area contributed by atoms with E-state index in [1.807, 2.05) is 24.1 Å². The van der Waals surface area contributed by atoms with Gasteiger partial charge < -0.3 is 25.0 Å². The maximum Gasteiger partial charge on any atom is 0.253 e. The summed E-state index contributed by atoms with van der Waals surface area (Å²) in [6.45, 7) is 0.388. The Morgan fingerprint density at radius 2 is 2.00 bits per heavy atom. The summed E-state index contributed by atoms with van der Waals surface area (Å²) in [5.41, 5.74) is 0.920. The van der Waals surface area contributed by atoms with Gasteiger partial charge in [-0.15, -0.1) is 0 Å². The number of benzene rings is 1. The molecule has 1 aromatic rings. The lowest BCUT2D eigenvalue weighted by molar-refractivity contribution is -0.124. The van der Waals surface area contributed by atoms with Crippen LogP contribution in [0.1, 0.15) is 48.9 Å². The first-order chi connectivity index (χ1) is 13.3. The van der Waals surface area contributed by atoms with E-state index in [9.17, 15) is 14.7 Å². The van der Waals surface area contributed by atoms with Crippen LogP contribution in [-0.4, -0.2) is 67.8 Å². The van der Waals surface area contributed by atoms with Crippen molar-refractivity contribution in [3.8, 4) is 5.75 Å². The number of anilines is 1. The third-order valence-corrected chi connectivity index (χ3v) is 5.91. The molecule has 0 saturated heterocycles. The highest BCUT2D eigenvalue weighted by Crippen LogP contribution is 2.35. The van der Waals surface area contributed by atoms with Gasteiger partial charge in [-0.2, -0.15) is 0 Å². The molecule has 0 spiro atoms. The zero-order valence-electron chi connectivity index (χ0n) is 17.0. The van der Waals surface area contributed by atoms with Crippen LogP contribution in [0.25, 0.3) is 0 Å². The van der Waals surface area contributed by atoms with Gasteiger partial charge in [0.15, 0.2) is 0 Å². The summed E-state index contributed by atoms with van der Waals surface area (Å²) in [6, 6.07) is 5.26. The van der Waals surface area contributed by atoms with Crippen LogP contribution < -0.4 is 15.0 Å². The Labute approximate surface area is 166 Å². The standard InChI is InChI=1S/C21H31N3O4/c1-23(2)20(27)15-7-8-18-17(11-15)24(3)16(13-28-18)12-19(26)22-21(14-25)9-5-4-6-10-21/h7-8,11,16,25H,4-6,9-10,12-14H2,1-3H3,(H,22,26)/t16-/m0/s1. The topological polar surface area (TPSA) is 82.1 Å². The molecule has 1 aliphatic heterocycles. The molecule has 0 unspecified atom stereocenters. The fraction of sp³-hybridized carbons (Fsp3) is 0.619. The zero-order chi connectivity index (χ0) is 20.3. The van der Waals surface area contributed by atoms with Crippen molar-refractivity contribution in [2.24, 2.45) is 0 Å². The number of carbonyl (C=O) groups is 2. The van der Waals surface area contributed by atoms with Gasteiger partial charge in [0.05, 0.1) is 30.3 Å². The first-order valence-corrected chi connectivity index (χ1v) is 9.98. The Bertz CT molecular complexity index is 728. The van der Waals surface area contributed by atoms with Gasteiger partial charge in [0, 0.05) is 26.7 Å². The second-order valence-corrected chi connectivity index (χ2v) is 8.21. The van der Waals surface area contributed by atoms with Crippen molar-refractivity contribution in [1.82, 2.24) is 10.2 Å². The summed E-state index contributed by atoms with van der Waals surface area (Å²) >= 11 is 0. The molecule has 0 bridgehead atoms. The predicted molar refractivity (Wildman–Crippen MR) is 108 cm³/mol. The number of hydrogen-bond acceptors (Lipinski definition) is 5. The van der Waals surface area contributed by atoms with E-state index in [1.54, 1.807) is 20.2 Å². The maximum absolute atomic E-state index is 12.7. The van der Waals surface area contributed by atoms with Crippen LogP contribution in [0, 0.1) is 0 Å². The van der Waals surface area contributed by atoms with E-state index in [0.717, 1.165) is 37.8 Å². The number of aliphatic hydroxyl groups is 1. The lowest BCUT2D eigenvalue weighted by atomic mass is 9.82. The average Bonchev–Trinajstić information content (AvgIpc) is 2.70. The van der Waals surface area contributed by atoms with Crippen LogP contribution in [0.5, 0.6) is 5.75 Å². The molecule has 2 N–H and O–H groups in total. The molecule has 1 heterocycles. The van der Waals surface area contributed by atoms with E-state index < -0.39 is 5.54 Å². The van der Waals surface area contributed by atoms with Crippen molar-refractivity contribution in [1.29, 1.82) is 0 Å². The minimum absolute atomic E-state index is 0.0193. The number of ether oxygens (including phenoxy) is 1. The SMILES string of the molecule is CN(C)C(=O)c1ccc2c(c1)N(C)[C@@H](CC(=O)NC1(CO)CCCCC1)CO2. The van der Waals surface area contributed by atoms with Gasteiger partial charge >= 0.3 is 0 Å². The van der Waals surface area contributed by atoms with Crippen molar-refractivity contribution in [2.45, 2.75) is 50.1 Å². The summed E-state index contributed by atoms with van der Waals surface area (Å²) < 4.78 is 5.85. The molecule has 1 aromatic carbocycles. The summed E-state index contributed by atoms with van der Waals surface area (Å²) in [7, 11) is 5.36. The number of nitrogens with one attached hydrogen (secondary N) is 1. The fourth-order valence-electron chi connectivity index (χ4n) is 4.11. The van der Waals surface area contributed by atoms with Gasteiger partial charge in [-0.3, -0.25) is 9.59 Å². The number of rotatable bonds is 5. The highest BCUT2D eigenvalue weighted by atomic mass is 16.5. The van der Waals surface area contributed by atoms with Gasteiger partial charge in [0.25, 0.3) is 5.91 Å². The smallest absolute Gasteiger partial charge is 0.253 e. The molecule has 1 fully saturated rings. The number of likely N-dealkylation sites (N-methyl/N-ethyl adjacent to an activating group) is 1.